The average Bonchev–Trinajstić information content (AvgIpc) is 3.81. The molecule has 10 aromatic rings. The zero-order chi connectivity index (χ0) is 34.4. The topological polar surface area (TPSA) is 48.5 Å². The molecular formula is C47H31N5. The van der Waals surface area contributed by atoms with E-state index in [2.05, 4.69) is 137 Å². The molecule has 0 atom stereocenters. The van der Waals surface area contributed by atoms with E-state index in [1.807, 2.05) is 60.7 Å². The molecule has 0 unspecified atom stereocenters. The lowest BCUT2D eigenvalue weighted by molar-refractivity contribution is 1.07. The third kappa shape index (κ3) is 5.15. The standard InChI is InChI=1S/C47H31N5/c1-3-14-33(15-4-1)45-48-46(34-16-5-2-6-17-34)50-47(49-45)37-19-12-21-39(30-37)52-43-24-10-8-22-40(43)41-31-36(25-26-44(41)52)35-18-11-20-38(29-35)51-28-27-32-13-7-9-23-42(32)51/h1-31H. The van der Waals surface area contributed by atoms with Crippen molar-refractivity contribution in [3.63, 3.8) is 0 Å². The van der Waals surface area contributed by atoms with Crippen LogP contribution in [0.1, 0.15) is 0 Å². The number of nitrogens with zero attached hydrogens (tertiary/aromatic N) is 5. The molecule has 52 heavy (non-hydrogen) atoms. The molecule has 0 bridgehead atoms. The molecule has 3 heterocycles. The monoisotopic (exact) mass is 665 g/mol. The Balaban J connectivity index is 1.09. The molecule has 0 aliphatic rings. The molecule has 0 fully saturated rings. The Morgan fingerprint density at radius 1 is 0.327 bits per heavy atom. The number of para-hydroxylation sites is 2. The molecule has 0 saturated carbocycles. The van der Waals surface area contributed by atoms with Gasteiger partial charge in [0.2, 0.25) is 0 Å². The molecule has 0 saturated heterocycles. The van der Waals surface area contributed by atoms with Crippen LogP contribution in [0.25, 0.3) is 89.4 Å². The van der Waals surface area contributed by atoms with Crippen LogP contribution in [0.2, 0.25) is 0 Å². The fraction of sp³-hybridized carbons (Fsp3) is 0. The number of hydrogen-bond acceptors (Lipinski definition) is 3. The van der Waals surface area contributed by atoms with Crippen molar-refractivity contribution in [1.82, 2.24) is 24.1 Å². The Hall–Kier alpha value is -7.11. The minimum atomic E-state index is 0.632. The highest BCUT2D eigenvalue weighted by Gasteiger charge is 2.16. The lowest BCUT2D eigenvalue weighted by Gasteiger charge is -2.12. The van der Waals surface area contributed by atoms with Gasteiger partial charge < -0.3 is 9.13 Å². The van der Waals surface area contributed by atoms with Gasteiger partial charge in [-0.1, -0.05) is 127 Å². The lowest BCUT2D eigenvalue weighted by atomic mass is 10.0. The van der Waals surface area contributed by atoms with Crippen molar-refractivity contribution in [2.75, 3.05) is 0 Å². The Morgan fingerprint density at radius 3 is 1.62 bits per heavy atom. The Labute approximate surface area is 300 Å². The summed E-state index contributed by atoms with van der Waals surface area (Å²) < 4.78 is 4.60. The molecule has 5 nitrogen and oxygen atoms in total. The first kappa shape index (κ1) is 29.8. The van der Waals surface area contributed by atoms with Crippen LogP contribution in [0.5, 0.6) is 0 Å². The van der Waals surface area contributed by atoms with E-state index in [1.54, 1.807) is 0 Å². The van der Waals surface area contributed by atoms with Crippen LogP contribution in [0, 0.1) is 0 Å². The molecule has 0 spiro atoms. The summed E-state index contributed by atoms with van der Waals surface area (Å²) in [6, 6.07) is 63.6. The molecular weight excluding hydrogens is 635 g/mol. The van der Waals surface area contributed by atoms with Crippen molar-refractivity contribution in [1.29, 1.82) is 0 Å². The van der Waals surface area contributed by atoms with Gasteiger partial charge in [-0.2, -0.15) is 0 Å². The molecule has 0 radical (unpaired) electrons. The van der Waals surface area contributed by atoms with Crippen molar-refractivity contribution in [2.45, 2.75) is 0 Å². The maximum atomic E-state index is 5.00. The van der Waals surface area contributed by atoms with Gasteiger partial charge >= 0.3 is 0 Å². The minimum absolute atomic E-state index is 0.632. The van der Waals surface area contributed by atoms with E-state index < -0.39 is 0 Å². The van der Waals surface area contributed by atoms with Crippen molar-refractivity contribution < 1.29 is 0 Å². The van der Waals surface area contributed by atoms with Crippen LogP contribution in [0.15, 0.2) is 188 Å². The second-order valence-electron chi connectivity index (χ2n) is 13.0. The molecule has 0 aliphatic heterocycles. The predicted octanol–water partition coefficient (Wildman–Crippen LogP) is 11.6. The summed E-state index contributed by atoms with van der Waals surface area (Å²) in [5, 5.41) is 3.64. The molecule has 3 aromatic heterocycles. The van der Waals surface area contributed by atoms with Gasteiger partial charge in [0.05, 0.1) is 16.6 Å². The van der Waals surface area contributed by atoms with Crippen LogP contribution in [0.4, 0.5) is 0 Å². The third-order valence-corrected chi connectivity index (χ3v) is 9.79. The average molecular weight is 666 g/mol. The second kappa shape index (κ2) is 12.3. The number of fused-ring (bicyclic) bond motifs is 4. The summed E-state index contributed by atoms with van der Waals surface area (Å²) in [7, 11) is 0. The van der Waals surface area contributed by atoms with Gasteiger partial charge in [0.25, 0.3) is 0 Å². The zero-order valence-electron chi connectivity index (χ0n) is 28.1. The Bertz CT molecular complexity index is 2850. The molecule has 0 aliphatic carbocycles. The quantitative estimate of drug-likeness (QED) is 0.178. The largest absolute Gasteiger partial charge is 0.317 e. The van der Waals surface area contributed by atoms with Gasteiger partial charge in [-0.25, -0.2) is 15.0 Å². The van der Waals surface area contributed by atoms with Crippen molar-refractivity contribution in [2.24, 2.45) is 0 Å². The van der Waals surface area contributed by atoms with Crippen molar-refractivity contribution in [3.8, 4) is 56.7 Å². The highest BCUT2D eigenvalue weighted by molar-refractivity contribution is 6.10. The van der Waals surface area contributed by atoms with Crippen LogP contribution in [0.3, 0.4) is 0 Å². The summed E-state index contributed by atoms with van der Waals surface area (Å²) in [6.45, 7) is 0. The maximum absolute atomic E-state index is 5.00. The van der Waals surface area contributed by atoms with Gasteiger partial charge in [-0.15, -0.1) is 0 Å². The van der Waals surface area contributed by atoms with Crippen LogP contribution < -0.4 is 0 Å². The van der Waals surface area contributed by atoms with E-state index in [0.29, 0.717) is 17.5 Å². The second-order valence-corrected chi connectivity index (χ2v) is 13.0. The SMILES string of the molecule is c1ccc(-c2nc(-c3ccccc3)nc(-c3cccc(-n4c5ccccc5c5cc(-c6cccc(-n7ccc8ccccc87)c6)ccc54)c3)n2)cc1. The molecule has 7 aromatic carbocycles. The summed E-state index contributed by atoms with van der Waals surface area (Å²) in [6.07, 6.45) is 2.15. The number of hydrogen-bond donors (Lipinski definition) is 0. The van der Waals surface area contributed by atoms with Crippen molar-refractivity contribution >= 4 is 32.7 Å². The zero-order valence-corrected chi connectivity index (χ0v) is 28.1. The van der Waals surface area contributed by atoms with Crippen LogP contribution >= 0.6 is 0 Å². The predicted molar refractivity (Wildman–Crippen MR) is 213 cm³/mol. The maximum Gasteiger partial charge on any atom is 0.164 e. The lowest BCUT2D eigenvalue weighted by Crippen LogP contribution is -2.01. The van der Waals surface area contributed by atoms with Crippen molar-refractivity contribution in [3.05, 3.63) is 188 Å². The summed E-state index contributed by atoms with van der Waals surface area (Å²) in [5.41, 5.74) is 10.8. The van der Waals surface area contributed by atoms with E-state index in [4.69, 9.17) is 15.0 Å². The van der Waals surface area contributed by atoms with E-state index in [9.17, 15) is 0 Å². The molecule has 0 amide bonds. The minimum Gasteiger partial charge on any atom is -0.317 e. The third-order valence-electron chi connectivity index (χ3n) is 9.79. The van der Waals surface area contributed by atoms with Gasteiger partial charge in [-0.3, -0.25) is 0 Å². The molecule has 0 N–H and O–H groups in total. The fourth-order valence-corrected chi connectivity index (χ4v) is 7.30. The summed E-state index contributed by atoms with van der Waals surface area (Å²) in [4.78, 5) is 14.9. The van der Waals surface area contributed by atoms with Crippen LogP contribution in [-0.2, 0) is 0 Å². The highest BCUT2D eigenvalue weighted by atomic mass is 15.0. The normalized spacial score (nSPS) is 11.5. The van der Waals surface area contributed by atoms with Gasteiger partial charge in [0, 0.05) is 45.0 Å². The first-order valence-electron chi connectivity index (χ1n) is 17.4. The molecule has 244 valence electrons. The van der Waals surface area contributed by atoms with Crippen LogP contribution in [-0.4, -0.2) is 24.1 Å². The first-order valence-corrected chi connectivity index (χ1v) is 17.4. The molecule has 10 rings (SSSR count). The number of aromatic nitrogens is 5. The van der Waals surface area contributed by atoms with E-state index >= 15 is 0 Å². The molecule has 5 heteroatoms. The first-order chi connectivity index (χ1) is 25.8. The smallest absolute Gasteiger partial charge is 0.164 e. The highest BCUT2D eigenvalue weighted by Crippen LogP contribution is 2.36. The fourth-order valence-electron chi connectivity index (χ4n) is 7.30. The number of benzene rings is 7. The van der Waals surface area contributed by atoms with E-state index in [-0.39, 0.29) is 0 Å². The Kier molecular flexibility index (Phi) is 7.07. The van der Waals surface area contributed by atoms with Gasteiger partial charge in [-0.05, 0) is 71.1 Å². The summed E-state index contributed by atoms with van der Waals surface area (Å²) in [5.74, 6) is 1.93. The summed E-state index contributed by atoms with van der Waals surface area (Å²) >= 11 is 0. The van der Waals surface area contributed by atoms with E-state index in [0.717, 1.165) is 39.1 Å². The number of rotatable bonds is 6. The van der Waals surface area contributed by atoms with Gasteiger partial charge in [0.1, 0.15) is 0 Å². The van der Waals surface area contributed by atoms with E-state index in [1.165, 1.54) is 32.8 Å². The Morgan fingerprint density at radius 2 is 0.865 bits per heavy atom. The van der Waals surface area contributed by atoms with Gasteiger partial charge in [0.15, 0.2) is 17.5 Å².